The largest absolute Gasteiger partial charge is 0.487 e. The van der Waals surface area contributed by atoms with E-state index in [0.717, 1.165) is 42.1 Å². The number of hydrogen-bond acceptors (Lipinski definition) is 3. The highest BCUT2D eigenvalue weighted by Gasteiger charge is 2.43. The fourth-order valence-electron chi connectivity index (χ4n) is 4.18. The molecule has 2 aliphatic rings. The van der Waals surface area contributed by atoms with Crippen LogP contribution in [0, 0.1) is 6.92 Å². The molecule has 1 unspecified atom stereocenters. The Morgan fingerprint density at radius 3 is 2.88 bits per heavy atom. The van der Waals surface area contributed by atoms with Crippen LogP contribution < -0.4 is 10.1 Å². The first kappa shape index (κ1) is 16.9. The summed E-state index contributed by atoms with van der Waals surface area (Å²) in [4.78, 5) is 21.9. The maximum absolute atomic E-state index is 12.8. The number of ether oxygens (including phenoxy) is 1. The number of carbonyl (C=O) groups excluding carboxylic acids is 1. The quantitative estimate of drug-likeness (QED) is 0.883. The molecule has 1 fully saturated rings. The fraction of sp³-hybridized carbons (Fsp3) is 0.500. The summed E-state index contributed by atoms with van der Waals surface area (Å²) < 4.78 is 6.37. The summed E-state index contributed by atoms with van der Waals surface area (Å²) in [5.74, 6) is 1.70. The van der Waals surface area contributed by atoms with Crippen molar-refractivity contribution in [2.45, 2.75) is 57.2 Å². The molecule has 26 heavy (non-hydrogen) atoms. The van der Waals surface area contributed by atoms with E-state index in [9.17, 15) is 4.79 Å². The average Bonchev–Trinajstić information content (AvgIpc) is 3.24. The second kappa shape index (κ2) is 6.67. The normalized spacial score (nSPS) is 20.5. The molecule has 1 aromatic carbocycles. The van der Waals surface area contributed by atoms with Crippen LogP contribution in [-0.4, -0.2) is 33.5 Å². The highest BCUT2D eigenvalue weighted by atomic mass is 16.5. The number of hydrogen-bond donors (Lipinski definition) is 2. The lowest BCUT2D eigenvalue weighted by Gasteiger charge is -2.40. The van der Waals surface area contributed by atoms with Crippen LogP contribution in [0.3, 0.4) is 0 Å². The van der Waals surface area contributed by atoms with E-state index in [2.05, 4.69) is 21.4 Å². The van der Waals surface area contributed by atoms with Gasteiger partial charge in [-0.15, -0.1) is 0 Å². The highest BCUT2D eigenvalue weighted by Crippen LogP contribution is 2.47. The molecular formula is C20H26N4O2. The van der Waals surface area contributed by atoms with Crippen molar-refractivity contribution >= 4 is 6.03 Å². The minimum atomic E-state index is -0.122. The van der Waals surface area contributed by atoms with Crippen LogP contribution in [0.5, 0.6) is 5.75 Å². The van der Waals surface area contributed by atoms with Crippen molar-refractivity contribution in [2.24, 2.45) is 0 Å². The summed E-state index contributed by atoms with van der Waals surface area (Å²) in [6.45, 7) is 2.41. The van der Waals surface area contributed by atoms with E-state index >= 15 is 0 Å². The number of nitrogens with zero attached hydrogens (tertiary/aromatic N) is 2. The van der Waals surface area contributed by atoms with Crippen molar-refractivity contribution in [1.82, 2.24) is 20.2 Å². The van der Waals surface area contributed by atoms with Crippen molar-refractivity contribution in [3.05, 3.63) is 47.5 Å². The summed E-state index contributed by atoms with van der Waals surface area (Å²) in [6, 6.07) is 7.96. The van der Waals surface area contributed by atoms with Gasteiger partial charge in [0.2, 0.25) is 0 Å². The molecule has 1 aromatic heterocycles. The van der Waals surface area contributed by atoms with E-state index in [0.29, 0.717) is 6.54 Å². The van der Waals surface area contributed by atoms with Crippen molar-refractivity contribution < 1.29 is 9.53 Å². The molecule has 2 heterocycles. The summed E-state index contributed by atoms with van der Waals surface area (Å²) in [7, 11) is 1.80. The van der Waals surface area contributed by atoms with Crippen LogP contribution >= 0.6 is 0 Å². The van der Waals surface area contributed by atoms with E-state index in [1.165, 1.54) is 12.8 Å². The number of aromatic amines is 1. The van der Waals surface area contributed by atoms with Crippen LogP contribution in [0.15, 0.2) is 30.5 Å². The first-order valence-electron chi connectivity index (χ1n) is 9.35. The molecule has 4 rings (SSSR count). The van der Waals surface area contributed by atoms with Crippen LogP contribution in [-0.2, 0) is 6.54 Å². The predicted octanol–water partition coefficient (Wildman–Crippen LogP) is 3.70. The zero-order chi connectivity index (χ0) is 18.1. The Morgan fingerprint density at radius 2 is 2.15 bits per heavy atom. The number of aryl methyl sites for hydroxylation is 1. The van der Waals surface area contributed by atoms with Crippen LogP contribution in [0.4, 0.5) is 4.79 Å². The van der Waals surface area contributed by atoms with Gasteiger partial charge in [-0.25, -0.2) is 9.78 Å². The lowest BCUT2D eigenvalue weighted by atomic mass is 9.86. The number of benzene rings is 1. The van der Waals surface area contributed by atoms with Crippen LogP contribution in [0.25, 0.3) is 0 Å². The number of urea groups is 1. The monoisotopic (exact) mass is 354 g/mol. The third-order valence-corrected chi connectivity index (χ3v) is 5.50. The number of imidazole rings is 1. The standard InChI is InChI=1S/C20H26N4O2/c1-14-12-21-18(22-14)13-24(2)19(25)23-16-11-20(9-5-6-10-20)26-17-8-4-3-7-15(16)17/h3-4,7-8,12,16H,5-6,9-11,13H2,1-2H3,(H,21,22)(H,23,25). The molecule has 2 N–H and O–H groups in total. The van der Waals surface area contributed by atoms with E-state index < -0.39 is 0 Å². The Kier molecular flexibility index (Phi) is 4.34. The Morgan fingerprint density at radius 1 is 1.38 bits per heavy atom. The lowest BCUT2D eigenvalue weighted by molar-refractivity contribution is 0.0377. The third kappa shape index (κ3) is 3.28. The first-order chi connectivity index (χ1) is 12.5. The van der Waals surface area contributed by atoms with Crippen molar-refractivity contribution in [3.8, 4) is 5.75 Å². The molecule has 0 radical (unpaired) electrons. The average molecular weight is 354 g/mol. The summed E-state index contributed by atoms with van der Waals surface area (Å²) in [5, 5.41) is 3.22. The van der Waals surface area contributed by atoms with Crippen molar-refractivity contribution in [1.29, 1.82) is 0 Å². The molecule has 2 aromatic rings. The Bertz CT molecular complexity index is 795. The first-order valence-corrected chi connectivity index (χ1v) is 9.35. The molecular weight excluding hydrogens is 328 g/mol. The van der Waals surface area contributed by atoms with Gasteiger partial charge >= 0.3 is 6.03 Å². The summed E-state index contributed by atoms with van der Waals surface area (Å²) >= 11 is 0. The van der Waals surface area contributed by atoms with Gasteiger partial charge in [0.05, 0.1) is 12.6 Å². The molecule has 1 spiro atoms. The minimum absolute atomic E-state index is 0.0219. The van der Waals surface area contributed by atoms with Gasteiger partial charge in [-0.2, -0.15) is 0 Å². The lowest BCUT2D eigenvalue weighted by Crippen LogP contribution is -2.46. The van der Waals surface area contributed by atoms with Gasteiger partial charge in [-0.3, -0.25) is 0 Å². The molecule has 6 nitrogen and oxygen atoms in total. The maximum atomic E-state index is 12.8. The molecule has 0 saturated heterocycles. The van der Waals surface area contributed by atoms with Gasteiger partial charge in [0.1, 0.15) is 17.2 Å². The van der Waals surface area contributed by atoms with Crippen molar-refractivity contribution in [3.63, 3.8) is 0 Å². The number of fused-ring (bicyclic) bond motifs is 1. The second-order valence-corrected chi connectivity index (χ2v) is 7.61. The zero-order valence-electron chi connectivity index (χ0n) is 15.4. The zero-order valence-corrected chi connectivity index (χ0v) is 15.4. The number of nitrogens with one attached hydrogen (secondary N) is 2. The molecule has 1 aliphatic heterocycles. The van der Waals surface area contributed by atoms with Gasteiger partial charge in [0.15, 0.2) is 0 Å². The van der Waals surface area contributed by atoms with E-state index in [1.807, 2.05) is 25.1 Å². The number of amides is 2. The number of para-hydroxylation sites is 1. The van der Waals surface area contributed by atoms with Gasteiger partial charge < -0.3 is 19.9 Å². The number of H-pyrrole nitrogens is 1. The molecule has 0 bridgehead atoms. The van der Waals surface area contributed by atoms with Gasteiger partial charge in [-0.1, -0.05) is 18.2 Å². The summed E-state index contributed by atoms with van der Waals surface area (Å²) in [5.41, 5.74) is 1.94. The molecule has 1 saturated carbocycles. The Labute approximate surface area is 154 Å². The van der Waals surface area contributed by atoms with E-state index in [1.54, 1.807) is 18.1 Å². The summed E-state index contributed by atoms with van der Waals surface area (Å²) in [6.07, 6.45) is 7.13. The molecule has 1 aliphatic carbocycles. The SMILES string of the molecule is Cc1cnc(CN(C)C(=O)NC2CC3(CCCC3)Oc3ccccc32)[nH]1. The van der Waals surface area contributed by atoms with E-state index in [4.69, 9.17) is 4.74 Å². The second-order valence-electron chi connectivity index (χ2n) is 7.61. The van der Waals surface area contributed by atoms with Crippen LogP contribution in [0.1, 0.15) is 55.2 Å². The third-order valence-electron chi connectivity index (χ3n) is 5.50. The van der Waals surface area contributed by atoms with Gasteiger partial charge in [0, 0.05) is 30.9 Å². The molecule has 138 valence electrons. The maximum Gasteiger partial charge on any atom is 0.318 e. The van der Waals surface area contributed by atoms with Crippen molar-refractivity contribution in [2.75, 3.05) is 7.05 Å². The van der Waals surface area contributed by atoms with Crippen LogP contribution in [0.2, 0.25) is 0 Å². The molecule has 2 amide bonds. The highest BCUT2D eigenvalue weighted by molar-refractivity contribution is 5.74. The predicted molar refractivity (Wildman–Crippen MR) is 99.0 cm³/mol. The topological polar surface area (TPSA) is 70.2 Å². The number of aromatic nitrogens is 2. The van der Waals surface area contributed by atoms with E-state index in [-0.39, 0.29) is 17.7 Å². The van der Waals surface area contributed by atoms with Gasteiger partial charge in [0.25, 0.3) is 0 Å². The number of rotatable bonds is 3. The molecule has 1 atom stereocenters. The van der Waals surface area contributed by atoms with Gasteiger partial charge in [-0.05, 0) is 38.7 Å². The smallest absolute Gasteiger partial charge is 0.318 e. The Balaban J connectivity index is 1.49. The molecule has 6 heteroatoms. The fourth-order valence-corrected chi connectivity index (χ4v) is 4.18. The number of carbonyl (C=O) groups is 1. The minimum Gasteiger partial charge on any atom is -0.487 e. The Hall–Kier alpha value is -2.50.